The first kappa shape index (κ1) is 28.7. The smallest absolute Gasteiger partial charge is 0.335 e. The minimum atomic E-state index is -3.47. The second-order valence-corrected chi connectivity index (χ2v) is 13.6. The molecule has 9 heteroatoms. The highest BCUT2D eigenvalue weighted by Gasteiger charge is 2.32. The number of ether oxygens (including phenoxy) is 1. The Morgan fingerprint density at radius 2 is 1.84 bits per heavy atom. The van der Waals surface area contributed by atoms with E-state index in [1.54, 1.807) is 12.1 Å². The van der Waals surface area contributed by atoms with E-state index in [1.807, 2.05) is 56.3 Å². The van der Waals surface area contributed by atoms with Crippen LogP contribution in [0.4, 0.5) is 0 Å². The van der Waals surface area contributed by atoms with Crippen LogP contribution in [-0.4, -0.2) is 11.7 Å². The highest BCUT2D eigenvalue weighted by atomic mass is 79.9. The molecule has 0 spiro atoms. The van der Waals surface area contributed by atoms with Crippen LogP contribution >= 0.6 is 51.1 Å². The molecule has 37 heavy (non-hydrogen) atoms. The van der Waals surface area contributed by atoms with Crippen molar-refractivity contribution in [3.05, 3.63) is 85.3 Å². The summed E-state index contributed by atoms with van der Waals surface area (Å²) in [7, 11) is -3.47. The molecule has 0 aromatic heterocycles. The lowest BCUT2D eigenvalue weighted by Gasteiger charge is -2.24. The van der Waals surface area contributed by atoms with E-state index in [4.69, 9.17) is 25.4 Å². The third-order valence-electron chi connectivity index (χ3n) is 6.18. The number of hydrogen-bond acceptors (Lipinski definition) is 5. The first-order valence-electron chi connectivity index (χ1n) is 12.3. The average molecular weight is 673 g/mol. The number of hydrogen-bond donors (Lipinski definition) is 1. The fourth-order valence-electron chi connectivity index (χ4n) is 4.31. The highest BCUT2D eigenvalue weighted by molar-refractivity contribution is 9.11. The molecule has 1 aliphatic heterocycles. The molecule has 1 saturated heterocycles. The standard InChI is InChI=1S/C28H30Br2ClO5P/c1-18(2)23-16-22(10-11-26(23)32)35-28-24(29)13-19(14-25(28)30)17-37(33)34-12-5-3-4-9-27(36-37)20-7-6-8-21(31)15-20/h6-8,10-11,13-16,18,27,32H,3-5,9,12,17H2,1-2H3/t27-,37+/m0/s1. The Bertz CT molecular complexity index is 1280. The quantitative estimate of drug-likeness (QED) is 0.264. The Morgan fingerprint density at radius 1 is 1.08 bits per heavy atom. The lowest BCUT2D eigenvalue weighted by molar-refractivity contribution is 0.147. The molecule has 0 aliphatic carbocycles. The van der Waals surface area contributed by atoms with Crippen molar-refractivity contribution < 1.29 is 23.5 Å². The zero-order valence-electron chi connectivity index (χ0n) is 20.8. The van der Waals surface area contributed by atoms with E-state index in [-0.39, 0.29) is 23.9 Å². The summed E-state index contributed by atoms with van der Waals surface area (Å²) in [5.74, 6) is 1.58. The summed E-state index contributed by atoms with van der Waals surface area (Å²) in [6.45, 7) is 4.42. The van der Waals surface area contributed by atoms with Crippen LogP contribution in [0.3, 0.4) is 0 Å². The van der Waals surface area contributed by atoms with Crippen LogP contribution in [0.25, 0.3) is 0 Å². The number of aromatic hydroxyl groups is 1. The number of halogens is 3. The van der Waals surface area contributed by atoms with Crippen molar-refractivity contribution in [2.45, 2.75) is 57.7 Å². The van der Waals surface area contributed by atoms with E-state index in [2.05, 4.69) is 31.9 Å². The Kier molecular flexibility index (Phi) is 9.82. The van der Waals surface area contributed by atoms with Gasteiger partial charge in [-0.1, -0.05) is 50.4 Å². The molecule has 3 aromatic rings. The molecule has 0 unspecified atom stereocenters. The third kappa shape index (κ3) is 7.62. The summed E-state index contributed by atoms with van der Waals surface area (Å²) in [4.78, 5) is 0. The van der Waals surface area contributed by atoms with Crippen molar-refractivity contribution in [1.82, 2.24) is 0 Å². The minimum Gasteiger partial charge on any atom is -0.508 e. The second-order valence-electron chi connectivity index (χ2n) is 9.47. The van der Waals surface area contributed by atoms with Crippen molar-refractivity contribution >= 4 is 51.1 Å². The van der Waals surface area contributed by atoms with Gasteiger partial charge in [0, 0.05) is 10.6 Å². The van der Waals surface area contributed by atoms with Gasteiger partial charge in [0.15, 0.2) is 5.75 Å². The van der Waals surface area contributed by atoms with Crippen molar-refractivity contribution in [3.63, 3.8) is 0 Å². The van der Waals surface area contributed by atoms with E-state index in [9.17, 15) is 9.67 Å². The van der Waals surface area contributed by atoms with Gasteiger partial charge in [0.05, 0.1) is 27.8 Å². The number of rotatable bonds is 6. The van der Waals surface area contributed by atoms with Gasteiger partial charge in [0.2, 0.25) is 0 Å². The molecule has 1 N–H and O–H groups in total. The minimum absolute atomic E-state index is 0.123. The fourth-order valence-corrected chi connectivity index (χ4v) is 7.83. The first-order chi connectivity index (χ1) is 17.6. The molecule has 1 heterocycles. The SMILES string of the molecule is CC(C)c1cc(Oc2c(Br)cc(C[P@@]3(=O)OCCCCC[C@@H](c4cccc(Cl)c4)O3)cc2Br)ccc1O. The van der Waals surface area contributed by atoms with Crippen molar-refractivity contribution in [2.75, 3.05) is 6.61 Å². The molecular weight excluding hydrogens is 643 g/mol. The summed E-state index contributed by atoms with van der Waals surface area (Å²) in [6, 6.07) is 16.4. The molecule has 1 aliphatic rings. The molecular formula is C28H30Br2ClO5P. The van der Waals surface area contributed by atoms with Crippen molar-refractivity contribution in [1.29, 1.82) is 0 Å². The maximum absolute atomic E-state index is 14.0. The van der Waals surface area contributed by atoms with E-state index in [1.165, 1.54) is 0 Å². The van der Waals surface area contributed by atoms with Gasteiger partial charge in [-0.25, -0.2) is 0 Å². The number of phenols is 1. The molecule has 0 bridgehead atoms. The van der Waals surface area contributed by atoms with E-state index >= 15 is 0 Å². The van der Waals surface area contributed by atoms with Crippen LogP contribution in [0.2, 0.25) is 5.02 Å². The first-order valence-corrected chi connectivity index (χ1v) is 16.0. The van der Waals surface area contributed by atoms with E-state index < -0.39 is 7.60 Å². The largest absolute Gasteiger partial charge is 0.508 e. The van der Waals surface area contributed by atoms with E-state index in [0.29, 0.717) is 32.1 Å². The maximum Gasteiger partial charge on any atom is 0.335 e. The van der Waals surface area contributed by atoms with Crippen LogP contribution in [0.15, 0.2) is 63.5 Å². The van der Waals surface area contributed by atoms with Gasteiger partial charge in [-0.3, -0.25) is 4.57 Å². The lowest BCUT2D eigenvalue weighted by atomic mass is 10.0. The molecule has 0 amide bonds. The summed E-state index contributed by atoms with van der Waals surface area (Å²) in [6.07, 6.45) is 3.29. The maximum atomic E-state index is 14.0. The summed E-state index contributed by atoms with van der Waals surface area (Å²) >= 11 is 13.4. The monoisotopic (exact) mass is 670 g/mol. The van der Waals surface area contributed by atoms with Gasteiger partial charge >= 0.3 is 7.60 Å². The Balaban J connectivity index is 1.57. The summed E-state index contributed by atoms with van der Waals surface area (Å²) in [5.41, 5.74) is 2.49. The Hall–Kier alpha value is -1.34. The predicted octanol–water partition coefficient (Wildman–Crippen LogP) is 10.5. The van der Waals surface area contributed by atoms with Crippen LogP contribution in [-0.2, 0) is 19.8 Å². The molecule has 2 atom stereocenters. The molecule has 4 rings (SSSR count). The third-order valence-corrected chi connectivity index (χ3v) is 9.50. The van der Waals surface area contributed by atoms with Gasteiger partial charge in [-0.15, -0.1) is 0 Å². The van der Waals surface area contributed by atoms with E-state index in [0.717, 1.165) is 42.4 Å². The van der Waals surface area contributed by atoms with Gasteiger partial charge in [-0.05, 0) is 104 Å². The van der Waals surface area contributed by atoms with Crippen LogP contribution < -0.4 is 4.74 Å². The molecule has 0 saturated carbocycles. The topological polar surface area (TPSA) is 65.0 Å². The van der Waals surface area contributed by atoms with Crippen LogP contribution in [0.1, 0.15) is 68.2 Å². The molecule has 198 valence electrons. The average Bonchev–Trinajstić information content (AvgIpc) is 2.92. The molecule has 0 radical (unpaired) electrons. The second kappa shape index (κ2) is 12.7. The van der Waals surface area contributed by atoms with Gasteiger partial charge in [0.1, 0.15) is 11.5 Å². The zero-order chi connectivity index (χ0) is 26.6. The Morgan fingerprint density at radius 3 is 2.54 bits per heavy atom. The van der Waals surface area contributed by atoms with Crippen LogP contribution in [0, 0.1) is 0 Å². The van der Waals surface area contributed by atoms with Gasteiger partial charge in [-0.2, -0.15) is 0 Å². The molecule has 1 fully saturated rings. The molecule has 3 aromatic carbocycles. The van der Waals surface area contributed by atoms with Crippen molar-refractivity contribution in [2.24, 2.45) is 0 Å². The number of phenolic OH excluding ortho intramolecular Hbond substituents is 1. The summed E-state index contributed by atoms with van der Waals surface area (Å²) < 4.78 is 33.6. The summed E-state index contributed by atoms with van der Waals surface area (Å²) in [5, 5.41) is 10.7. The predicted molar refractivity (Wildman–Crippen MR) is 155 cm³/mol. The lowest BCUT2D eigenvalue weighted by Crippen LogP contribution is -2.06. The number of benzene rings is 3. The van der Waals surface area contributed by atoms with Gasteiger partial charge < -0.3 is 18.9 Å². The van der Waals surface area contributed by atoms with Gasteiger partial charge in [0.25, 0.3) is 0 Å². The fraction of sp³-hybridized carbons (Fsp3) is 0.357. The van der Waals surface area contributed by atoms with Crippen molar-refractivity contribution in [3.8, 4) is 17.2 Å². The Labute approximate surface area is 240 Å². The van der Waals surface area contributed by atoms with Crippen LogP contribution in [0.5, 0.6) is 17.2 Å². The molecule has 5 nitrogen and oxygen atoms in total. The highest BCUT2D eigenvalue weighted by Crippen LogP contribution is 2.57. The zero-order valence-corrected chi connectivity index (χ0v) is 25.6. The normalized spacial score (nSPS) is 20.8.